The monoisotopic (exact) mass is 355 g/mol. The van der Waals surface area contributed by atoms with Crippen LogP contribution in [0.25, 0.3) is 0 Å². The van der Waals surface area contributed by atoms with Crippen molar-refractivity contribution in [2.75, 3.05) is 33.9 Å². The summed E-state index contributed by atoms with van der Waals surface area (Å²) in [5, 5.41) is 6.62. The minimum Gasteiger partial charge on any atom is -0.385 e. The molecule has 0 amide bonds. The highest BCUT2D eigenvalue weighted by Gasteiger charge is 2.36. The van der Waals surface area contributed by atoms with Crippen LogP contribution in [0.15, 0.2) is 4.99 Å². The Balaban J connectivity index is 0.00000256. The van der Waals surface area contributed by atoms with Gasteiger partial charge in [0, 0.05) is 33.9 Å². The molecule has 0 spiro atoms. The van der Waals surface area contributed by atoms with Crippen molar-refractivity contribution < 1.29 is 4.74 Å². The molecule has 1 aliphatic carbocycles. The molecule has 102 valence electrons. The van der Waals surface area contributed by atoms with E-state index in [0.29, 0.717) is 5.41 Å². The van der Waals surface area contributed by atoms with Crippen molar-refractivity contribution in [1.82, 2.24) is 10.6 Å². The summed E-state index contributed by atoms with van der Waals surface area (Å²) in [5.74, 6) is 0.909. The first-order valence-electron chi connectivity index (χ1n) is 6.20. The Morgan fingerprint density at radius 2 is 2.06 bits per heavy atom. The molecule has 0 bridgehead atoms. The van der Waals surface area contributed by atoms with Crippen molar-refractivity contribution >= 4 is 29.9 Å². The molecule has 1 aliphatic rings. The van der Waals surface area contributed by atoms with Crippen molar-refractivity contribution in [1.29, 1.82) is 0 Å². The average Bonchev–Trinajstić information content (AvgIpc) is 2.25. The highest BCUT2D eigenvalue weighted by molar-refractivity contribution is 14.0. The predicted molar refractivity (Wildman–Crippen MR) is 83.2 cm³/mol. The van der Waals surface area contributed by atoms with E-state index in [9.17, 15) is 0 Å². The molecule has 0 aromatic heterocycles. The molecule has 1 rings (SSSR count). The first-order valence-corrected chi connectivity index (χ1v) is 6.20. The normalized spacial score (nSPS) is 17.9. The Morgan fingerprint density at radius 1 is 1.35 bits per heavy atom. The molecule has 0 aliphatic heterocycles. The summed E-state index contributed by atoms with van der Waals surface area (Å²) >= 11 is 0. The molecular weight excluding hydrogens is 329 g/mol. The van der Waals surface area contributed by atoms with E-state index in [-0.39, 0.29) is 24.0 Å². The van der Waals surface area contributed by atoms with Crippen molar-refractivity contribution in [3.63, 3.8) is 0 Å². The van der Waals surface area contributed by atoms with Gasteiger partial charge in [0.1, 0.15) is 0 Å². The fourth-order valence-electron chi connectivity index (χ4n) is 2.17. The summed E-state index contributed by atoms with van der Waals surface area (Å²) in [4.78, 5) is 4.18. The minimum absolute atomic E-state index is 0. The number of aliphatic imine (C=N–C) groups is 1. The lowest BCUT2D eigenvalue weighted by Crippen LogP contribution is -2.46. The lowest BCUT2D eigenvalue weighted by atomic mass is 9.67. The van der Waals surface area contributed by atoms with Crippen LogP contribution in [0, 0.1) is 5.41 Å². The number of rotatable bonds is 6. The van der Waals surface area contributed by atoms with Crippen LogP contribution in [-0.2, 0) is 4.74 Å². The van der Waals surface area contributed by atoms with Gasteiger partial charge in [-0.1, -0.05) is 6.42 Å². The third-order valence-corrected chi connectivity index (χ3v) is 3.45. The van der Waals surface area contributed by atoms with Gasteiger partial charge in [-0.2, -0.15) is 0 Å². The molecule has 5 heteroatoms. The van der Waals surface area contributed by atoms with Crippen LogP contribution in [0.5, 0.6) is 0 Å². The van der Waals surface area contributed by atoms with Crippen molar-refractivity contribution in [2.24, 2.45) is 10.4 Å². The van der Waals surface area contributed by atoms with Gasteiger partial charge in [-0.25, -0.2) is 0 Å². The zero-order chi connectivity index (χ0) is 11.9. The fraction of sp³-hybridized carbons (Fsp3) is 0.917. The zero-order valence-electron chi connectivity index (χ0n) is 11.2. The van der Waals surface area contributed by atoms with Crippen LogP contribution in [0.2, 0.25) is 0 Å². The van der Waals surface area contributed by atoms with E-state index in [1.54, 1.807) is 7.11 Å². The Morgan fingerprint density at radius 3 is 2.47 bits per heavy atom. The molecule has 0 radical (unpaired) electrons. The fourth-order valence-corrected chi connectivity index (χ4v) is 2.17. The molecule has 1 fully saturated rings. The molecule has 0 aromatic rings. The number of hydrogen-bond acceptors (Lipinski definition) is 2. The van der Waals surface area contributed by atoms with Crippen molar-refractivity contribution in [2.45, 2.75) is 32.6 Å². The summed E-state index contributed by atoms with van der Waals surface area (Å²) in [7, 11) is 3.59. The molecular formula is C12H26IN3O. The standard InChI is InChI=1S/C12H25N3O.HI/c1-4-14-11(13-2)15-10-12(6-5-7-12)8-9-16-3;/h4-10H2,1-3H3,(H2,13,14,15);1H. The lowest BCUT2D eigenvalue weighted by molar-refractivity contribution is 0.0733. The maximum Gasteiger partial charge on any atom is 0.190 e. The molecule has 17 heavy (non-hydrogen) atoms. The summed E-state index contributed by atoms with van der Waals surface area (Å²) in [6.07, 6.45) is 5.13. The van der Waals surface area contributed by atoms with E-state index in [1.165, 1.54) is 19.3 Å². The summed E-state index contributed by atoms with van der Waals surface area (Å²) in [6.45, 7) is 4.86. The largest absolute Gasteiger partial charge is 0.385 e. The minimum atomic E-state index is 0. The first-order chi connectivity index (χ1) is 7.76. The molecule has 0 aromatic carbocycles. The maximum atomic E-state index is 5.18. The Labute approximate surface area is 122 Å². The number of ether oxygens (including phenoxy) is 1. The predicted octanol–water partition coefficient (Wildman–Crippen LogP) is 2.00. The van der Waals surface area contributed by atoms with Crippen LogP contribution in [0.1, 0.15) is 32.6 Å². The van der Waals surface area contributed by atoms with Gasteiger partial charge in [0.05, 0.1) is 0 Å². The number of guanidine groups is 1. The number of methoxy groups -OCH3 is 1. The zero-order valence-corrected chi connectivity index (χ0v) is 13.5. The van der Waals surface area contributed by atoms with E-state index in [0.717, 1.165) is 32.1 Å². The van der Waals surface area contributed by atoms with E-state index in [4.69, 9.17) is 4.74 Å². The second-order valence-electron chi connectivity index (χ2n) is 4.55. The van der Waals surface area contributed by atoms with Crippen LogP contribution in [0.3, 0.4) is 0 Å². The number of halogens is 1. The maximum absolute atomic E-state index is 5.18. The number of nitrogens with one attached hydrogen (secondary N) is 2. The quantitative estimate of drug-likeness (QED) is 0.435. The number of nitrogens with zero attached hydrogens (tertiary/aromatic N) is 1. The smallest absolute Gasteiger partial charge is 0.190 e. The lowest BCUT2D eigenvalue weighted by Gasteiger charge is -2.42. The van der Waals surface area contributed by atoms with Crippen molar-refractivity contribution in [3.8, 4) is 0 Å². The second kappa shape index (κ2) is 8.97. The SMILES string of the molecule is CCNC(=NC)NCC1(CCOC)CCC1.I. The van der Waals surface area contributed by atoms with Crippen LogP contribution >= 0.6 is 24.0 Å². The molecule has 0 unspecified atom stereocenters. The Hall–Kier alpha value is -0.0400. The van der Waals surface area contributed by atoms with E-state index in [2.05, 4.69) is 22.5 Å². The summed E-state index contributed by atoms with van der Waals surface area (Å²) < 4.78 is 5.18. The van der Waals surface area contributed by atoms with E-state index >= 15 is 0 Å². The van der Waals surface area contributed by atoms with Gasteiger partial charge in [-0.3, -0.25) is 4.99 Å². The molecule has 0 heterocycles. The Kier molecular flexibility index (Phi) is 8.94. The van der Waals surface area contributed by atoms with Gasteiger partial charge in [-0.15, -0.1) is 24.0 Å². The highest BCUT2D eigenvalue weighted by Crippen LogP contribution is 2.43. The van der Waals surface area contributed by atoms with Crippen molar-refractivity contribution in [3.05, 3.63) is 0 Å². The first kappa shape index (κ1) is 17.0. The van der Waals surface area contributed by atoms with Gasteiger partial charge in [0.15, 0.2) is 5.96 Å². The molecule has 4 nitrogen and oxygen atoms in total. The third-order valence-electron chi connectivity index (χ3n) is 3.45. The highest BCUT2D eigenvalue weighted by atomic mass is 127. The van der Waals surface area contributed by atoms with Gasteiger partial charge in [0.2, 0.25) is 0 Å². The molecule has 0 saturated heterocycles. The van der Waals surface area contributed by atoms with Crippen LogP contribution < -0.4 is 10.6 Å². The second-order valence-corrected chi connectivity index (χ2v) is 4.55. The van der Waals surface area contributed by atoms with Gasteiger partial charge >= 0.3 is 0 Å². The molecule has 1 saturated carbocycles. The molecule has 0 atom stereocenters. The summed E-state index contributed by atoms with van der Waals surface area (Å²) in [5.41, 5.74) is 0.446. The van der Waals surface area contributed by atoms with Gasteiger partial charge in [0.25, 0.3) is 0 Å². The average molecular weight is 355 g/mol. The van der Waals surface area contributed by atoms with Gasteiger partial charge < -0.3 is 15.4 Å². The molecule has 2 N–H and O–H groups in total. The third kappa shape index (κ3) is 5.42. The van der Waals surface area contributed by atoms with Crippen LogP contribution in [-0.4, -0.2) is 39.8 Å². The topological polar surface area (TPSA) is 45.7 Å². The Bertz CT molecular complexity index is 230. The van der Waals surface area contributed by atoms with Crippen LogP contribution in [0.4, 0.5) is 0 Å². The summed E-state index contributed by atoms with van der Waals surface area (Å²) in [6, 6.07) is 0. The van der Waals surface area contributed by atoms with Gasteiger partial charge in [-0.05, 0) is 31.6 Å². The number of hydrogen-bond donors (Lipinski definition) is 2. The van der Waals surface area contributed by atoms with E-state index in [1.807, 2.05) is 7.05 Å². The van der Waals surface area contributed by atoms with E-state index < -0.39 is 0 Å².